The van der Waals surface area contributed by atoms with Crippen LogP contribution in [0.15, 0.2) is 121 Å². The van der Waals surface area contributed by atoms with Crippen LogP contribution in [0.3, 0.4) is 0 Å². The SMILES string of the molecule is CCOC(=O)CC[C@@H]([CH][C@@H](CO[Si](c1ccccc1)(c1ccccc1)C(C)(C)C)O[Si](c1ccccc1)(c1ccccc1)C(C)(C)C)OC.[Cl-].[Hg+]. The van der Waals surface area contributed by atoms with Gasteiger partial charge in [0.05, 0.1) is 25.4 Å². The zero-order valence-electron chi connectivity index (χ0n) is 31.7. The van der Waals surface area contributed by atoms with Crippen molar-refractivity contribution in [2.75, 3.05) is 20.3 Å². The first kappa shape index (κ1) is 45.0. The molecule has 0 saturated heterocycles. The Morgan fingerprint density at radius 1 is 0.647 bits per heavy atom. The second-order valence-corrected chi connectivity index (χ2v) is 23.2. The molecule has 0 aliphatic carbocycles. The number of ether oxygens (including phenoxy) is 2. The molecule has 51 heavy (non-hydrogen) atoms. The summed E-state index contributed by atoms with van der Waals surface area (Å²) in [6.45, 7) is 16.2. The fourth-order valence-electron chi connectivity index (χ4n) is 7.04. The smallest absolute Gasteiger partial charge is 1.00 e. The van der Waals surface area contributed by atoms with E-state index in [1.807, 2.05) is 6.92 Å². The molecule has 2 radical (unpaired) electrons. The van der Waals surface area contributed by atoms with Crippen LogP contribution in [0.4, 0.5) is 0 Å². The maximum Gasteiger partial charge on any atom is 1.00 e. The first-order valence-electron chi connectivity index (χ1n) is 17.5. The summed E-state index contributed by atoms with van der Waals surface area (Å²) in [5, 5.41) is 4.36. The Hall–Kier alpha value is -2.11. The maximum absolute atomic E-state index is 12.4. The van der Waals surface area contributed by atoms with Crippen molar-refractivity contribution in [2.45, 2.75) is 83.6 Å². The molecule has 0 unspecified atom stereocenters. The zero-order valence-corrected chi connectivity index (χ0v) is 40.0. The maximum atomic E-state index is 12.4. The summed E-state index contributed by atoms with van der Waals surface area (Å²) >= 11 is 0. The molecule has 0 spiro atoms. The molecule has 0 aliphatic heterocycles. The van der Waals surface area contributed by atoms with E-state index in [0.29, 0.717) is 19.6 Å². The van der Waals surface area contributed by atoms with Gasteiger partial charge < -0.3 is 30.7 Å². The van der Waals surface area contributed by atoms with Crippen molar-refractivity contribution in [3.05, 3.63) is 128 Å². The van der Waals surface area contributed by atoms with Crippen LogP contribution in [-0.2, 0) is 50.8 Å². The summed E-state index contributed by atoms with van der Waals surface area (Å²) in [6.07, 6.45) is 2.05. The molecular formula is C42H55ClHgO5Si2. The quantitative estimate of drug-likeness (QED) is 0.126. The third kappa shape index (κ3) is 10.7. The van der Waals surface area contributed by atoms with Gasteiger partial charge in [-0.1, -0.05) is 163 Å². The van der Waals surface area contributed by atoms with Gasteiger partial charge in [0.2, 0.25) is 0 Å². The number of esters is 1. The number of hydrogen-bond acceptors (Lipinski definition) is 5. The van der Waals surface area contributed by atoms with Gasteiger partial charge in [-0.3, -0.25) is 4.79 Å². The number of carbonyl (C=O) groups is 1. The number of halogens is 1. The van der Waals surface area contributed by atoms with Crippen molar-refractivity contribution in [1.29, 1.82) is 0 Å². The summed E-state index contributed by atoms with van der Waals surface area (Å²) in [5.41, 5.74) is 0. The number of carbonyl (C=O) groups excluding carboxylic acids is 1. The van der Waals surface area contributed by atoms with Gasteiger partial charge in [-0.2, -0.15) is 0 Å². The van der Waals surface area contributed by atoms with Gasteiger partial charge in [-0.15, -0.1) is 0 Å². The Labute approximate surface area is 336 Å². The Morgan fingerprint density at radius 3 is 1.35 bits per heavy atom. The van der Waals surface area contributed by atoms with E-state index >= 15 is 0 Å². The first-order valence-corrected chi connectivity index (χ1v) is 21.3. The third-order valence-corrected chi connectivity index (χ3v) is 19.4. The second-order valence-electron chi connectivity index (χ2n) is 14.6. The normalized spacial score (nSPS) is 13.3. The Kier molecular flexibility index (Phi) is 18.0. The third-order valence-electron chi connectivity index (χ3n) is 9.30. The molecule has 9 heteroatoms. The number of methoxy groups -OCH3 is 1. The van der Waals surface area contributed by atoms with Crippen molar-refractivity contribution in [3.63, 3.8) is 0 Å². The molecule has 0 amide bonds. The Bertz CT molecular complexity index is 1490. The van der Waals surface area contributed by atoms with Gasteiger partial charge in [0.25, 0.3) is 16.6 Å². The van der Waals surface area contributed by atoms with Gasteiger partial charge in [0, 0.05) is 20.0 Å². The minimum atomic E-state index is -2.99. The van der Waals surface area contributed by atoms with E-state index in [9.17, 15) is 4.79 Å². The number of hydrogen-bond donors (Lipinski definition) is 0. The molecule has 0 saturated carbocycles. The summed E-state index contributed by atoms with van der Waals surface area (Å²) < 4.78 is 26.5. The van der Waals surface area contributed by atoms with Crippen LogP contribution >= 0.6 is 0 Å². The minimum absolute atomic E-state index is 0. The van der Waals surface area contributed by atoms with Crippen LogP contribution in [0.1, 0.15) is 61.3 Å². The predicted molar refractivity (Wildman–Crippen MR) is 207 cm³/mol. The van der Waals surface area contributed by atoms with E-state index in [2.05, 4.69) is 169 Å². The largest absolute Gasteiger partial charge is 1.00 e. The van der Waals surface area contributed by atoms with Crippen molar-refractivity contribution in [3.8, 4) is 0 Å². The van der Waals surface area contributed by atoms with Crippen molar-refractivity contribution in [2.24, 2.45) is 0 Å². The minimum Gasteiger partial charge on any atom is -1.00 e. The van der Waals surface area contributed by atoms with Crippen LogP contribution in [0.5, 0.6) is 0 Å². The van der Waals surface area contributed by atoms with E-state index in [0.717, 1.165) is 0 Å². The topological polar surface area (TPSA) is 54.0 Å². The molecule has 5 nitrogen and oxygen atoms in total. The zero-order chi connectivity index (χ0) is 35.5. The van der Waals surface area contributed by atoms with Gasteiger partial charge in [0.1, 0.15) is 0 Å². The van der Waals surface area contributed by atoms with Crippen LogP contribution < -0.4 is 33.2 Å². The van der Waals surface area contributed by atoms with Crippen molar-refractivity contribution < 1.29 is 63.2 Å². The molecule has 4 aromatic carbocycles. The Balaban J connectivity index is 0.00000451. The van der Waals surface area contributed by atoms with Gasteiger partial charge in [-0.25, -0.2) is 0 Å². The van der Waals surface area contributed by atoms with Gasteiger partial charge >= 0.3 is 33.6 Å². The Morgan fingerprint density at radius 2 is 1.02 bits per heavy atom. The molecular weight excluding hydrogens is 877 g/mol. The molecule has 0 heterocycles. The fraction of sp³-hybridized carbons (Fsp3) is 0.381. The molecule has 0 N–H and O–H groups in total. The van der Waals surface area contributed by atoms with E-state index < -0.39 is 22.7 Å². The molecule has 4 aromatic rings. The van der Waals surface area contributed by atoms with E-state index in [4.69, 9.17) is 18.3 Å². The monoisotopic (exact) mass is 932 g/mol. The average molecular weight is 932 g/mol. The van der Waals surface area contributed by atoms with Crippen molar-refractivity contribution >= 4 is 43.4 Å². The summed E-state index contributed by atoms with van der Waals surface area (Å²) in [5.74, 6) is -0.231. The molecule has 0 bridgehead atoms. The molecule has 270 valence electrons. The summed E-state index contributed by atoms with van der Waals surface area (Å²) in [6, 6.07) is 42.7. The summed E-state index contributed by atoms with van der Waals surface area (Å²) in [7, 11) is -4.20. The van der Waals surface area contributed by atoms with Crippen molar-refractivity contribution in [1.82, 2.24) is 0 Å². The molecule has 4 rings (SSSR count). The predicted octanol–water partition coefficient (Wildman–Crippen LogP) is 4.07. The van der Waals surface area contributed by atoms with Gasteiger partial charge in [-0.05, 0) is 44.2 Å². The first-order chi connectivity index (χ1) is 23.4. The van der Waals surface area contributed by atoms with Crippen LogP contribution in [0.2, 0.25) is 10.1 Å². The molecule has 0 aromatic heterocycles. The average Bonchev–Trinajstić information content (AvgIpc) is 3.09. The fourth-order valence-corrected chi connectivity index (χ4v) is 16.2. The second kappa shape index (κ2) is 20.4. The molecule has 0 fully saturated rings. The van der Waals surface area contributed by atoms with Gasteiger partial charge in [0.15, 0.2) is 0 Å². The molecule has 2 atom stereocenters. The van der Waals surface area contributed by atoms with Crippen LogP contribution in [0, 0.1) is 6.42 Å². The molecule has 0 aliphatic rings. The number of rotatable bonds is 16. The van der Waals surface area contributed by atoms with E-state index in [-0.39, 0.29) is 68.6 Å². The van der Waals surface area contributed by atoms with E-state index in [1.165, 1.54) is 20.7 Å². The standard InChI is InChI=1S/C42H55O5Si2.ClH.Hg/c1-9-45-40(43)31-30-34(44-8)32-35(47-49(42(5,6)7,38-26-18-12-19-27-38)39-28-20-13-21-29-39)33-46-48(41(2,3)4,36-22-14-10-15-23-36)37-24-16-11-17-25-37;;/h10-29,32,34-35H,9,30-31,33H2,1-8H3;1H;/q;;+1/p-1/t34-,35-;;/m0../s1. The van der Waals surface area contributed by atoms with E-state index in [1.54, 1.807) is 7.11 Å². The summed E-state index contributed by atoms with van der Waals surface area (Å²) in [4.78, 5) is 12.4. The van der Waals surface area contributed by atoms with Crippen LogP contribution in [0.25, 0.3) is 0 Å². The number of benzene rings is 4. The van der Waals surface area contributed by atoms with Crippen LogP contribution in [-0.4, -0.2) is 55.1 Å².